The first-order valence-electron chi connectivity index (χ1n) is 3.16. The van der Waals surface area contributed by atoms with Gasteiger partial charge in [0.15, 0.2) is 0 Å². The molecule has 1 rings (SSSR count). The molecule has 1 atom stereocenters. The summed E-state index contributed by atoms with van der Waals surface area (Å²) in [7, 11) is 0. The zero-order chi connectivity index (χ0) is 8.27. The molecule has 6 heteroatoms. The fraction of sp³-hybridized carbons (Fsp3) is 0.333. The van der Waals surface area contributed by atoms with E-state index in [2.05, 4.69) is 9.97 Å². The number of nitrogens with one attached hydrogen (secondary N) is 1. The van der Waals surface area contributed by atoms with Gasteiger partial charge in [0.1, 0.15) is 6.04 Å². The van der Waals surface area contributed by atoms with E-state index in [0.717, 1.165) is 5.69 Å². The normalized spacial score (nSPS) is 11.8. The molecule has 0 amide bonds. The molecular weight excluding hydrogens is 198 g/mol. The van der Waals surface area contributed by atoms with Crippen LogP contribution in [0, 0.1) is 0 Å². The Morgan fingerprint density at radius 1 is 1.83 bits per heavy atom. The summed E-state index contributed by atoms with van der Waals surface area (Å²) < 4.78 is 0. The second-order valence-corrected chi connectivity index (χ2v) is 2.23. The Bertz CT molecular complexity index is 237. The third-order valence-corrected chi connectivity index (χ3v) is 1.31. The minimum atomic E-state index is -1.00. The molecule has 1 aromatic rings. The van der Waals surface area contributed by atoms with Crippen LogP contribution in [0.2, 0.25) is 0 Å². The second kappa shape index (κ2) is 4.93. The van der Waals surface area contributed by atoms with Crippen molar-refractivity contribution >= 4 is 5.97 Å². The van der Waals surface area contributed by atoms with Gasteiger partial charge in [-0.3, -0.25) is 4.79 Å². The molecule has 0 aliphatic carbocycles. The van der Waals surface area contributed by atoms with Gasteiger partial charge >= 0.3 is 23.3 Å². The summed E-state index contributed by atoms with van der Waals surface area (Å²) in [5.74, 6) is -1.00. The Labute approximate surface area is 80.1 Å². The molecule has 12 heavy (non-hydrogen) atoms. The van der Waals surface area contributed by atoms with Gasteiger partial charge in [0.05, 0.1) is 6.33 Å². The first kappa shape index (κ1) is 11.2. The molecule has 0 radical (unpaired) electrons. The number of carboxylic acid groups (broad SMARTS) is 1. The average molecular weight is 207 g/mol. The maximum Gasteiger partial charge on any atom is 2.00 e. The Hall–Kier alpha value is -0.828. The molecule has 64 valence electrons. The summed E-state index contributed by atoms with van der Waals surface area (Å²) in [6, 6.07) is -0.851. The average Bonchev–Trinajstić information content (AvgIpc) is 2.39. The van der Waals surface area contributed by atoms with Crippen LogP contribution in [0.1, 0.15) is 5.69 Å². The minimum absolute atomic E-state index is 0. The van der Waals surface area contributed by atoms with Crippen LogP contribution >= 0.6 is 0 Å². The number of hydrogen-bond acceptors (Lipinski definition) is 3. The first-order chi connectivity index (χ1) is 5.20. The van der Waals surface area contributed by atoms with Gasteiger partial charge < -0.3 is 15.8 Å². The van der Waals surface area contributed by atoms with Gasteiger partial charge in [-0.25, -0.2) is 4.98 Å². The fourth-order valence-electron chi connectivity index (χ4n) is 0.721. The molecule has 5 nitrogen and oxygen atoms in total. The molecule has 0 spiro atoms. The van der Waals surface area contributed by atoms with E-state index in [1.54, 1.807) is 6.20 Å². The SMILES string of the molecule is NC(Cc1cnc[nH]1)C(=O)O.[Cr+2]. The van der Waals surface area contributed by atoms with Crippen molar-refractivity contribution in [1.82, 2.24) is 9.97 Å². The van der Waals surface area contributed by atoms with Crippen molar-refractivity contribution < 1.29 is 27.3 Å². The van der Waals surface area contributed by atoms with Crippen LogP contribution in [-0.4, -0.2) is 27.1 Å². The van der Waals surface area contributed by atoms with E-state index in [1.165, 1.54) is 6.33 Å². The molecule has 0 bridgehead atoms. The van der Waals surface area contributed by atoms with Gasteiger partial charge in [-0.1, -0.05) is 0 Å². The number of aliphatic carboxylic acids is 1. The van der Waals surface area contributed by atoms with Crippen molar-refractivity contribution in [3.8, 4) is 0 Å². The van der Waals surface area contributed by atoms with Crippen LogP contribution < -0.4 is 5.73 Å². The Morgan fingerprint density at radius 2 is 2.50 bits per heavy atom. The molecule has 1 unspecified atom stereocenters. The predicted molar refractivity (Wildman–Crippen MR) is 37.9 cm³/mol. The number of rotatable bonds is 3. The molecule has 0 saturated carbocycles. The third-order valence-electron chi connectivity index (χ3n) is 1.31. The van der Waals surface area contributed by atoms with E-state index in [9.17, 15) is 4.79 Å². The van der Waals surface area contributed by atoms with E-state index in [1.807, 2.05) is 0 Å². The molecule has 0 aliphatic heterocycles. The van der Waals surface area contributed by atoms with E-state index >= 15 is 0 Å². The van der Waals surface area contributed by atoms with E-state index < -0.39 is 12.0 Å². The number of aromatic amines is 1. The molecule has 0 aromatic carbocycles. The minimum Gasteiger partial charge on any atom is -0.480 e. The Balaban J connectivity index is 0.00000121. The van der Waals surface area contributed by atoms with Crippen molar-refractivity contribution in [2.24, 2.45) is 5.73 Å². The maximum absolute atomic E-state index is 10.3. The summed E-state index contributed by atoms with van der Waals surface area (Å²) in [6.45, 7) is 0. The number of H-pyrrole nitrogens is 1. The van der Waals surface area contributed by atoms with Crippen molar-refractivity contribution in [2.75, 3.05) is 0 Å². The first-order valence-corrected chi connectivity index (χ1v) is 3.16. The zero-order valence-corrected chi connectivity index (χ0v) is 7.50. The van der Waals surface area contributed by atoms with E-state index in [-0.39, 0.29) is 23.8 Å². The summed E-state index contributed by atoms with van der Waals surface area (Å²) >= 11 is 0. The van der Waals surface area contributed by atoms with Crippen LogP contribution in [0.4, 0.5) is 0 Å². The third kappa shape index (κ3) is 3.05. The van der Waals surface area contributed by atoms with Gasteiger partial charge in [0.2, 0.25) is 0 Å². The van der Waals surface area contributed by atoms with Gasteiger partial charge in [-0.05, 0) is 0 Å². The molecule has 4 N–H and O–H groups in total. The number of carboxylic acids is 1. The molecule has 0 fully saturated rings. The number of carbonyl (C=O) groups is 1. The van der Waals surface area contributed by atoms with Crippen molar-refractivity contribution in [3.63, 3.8) is 0 Å². The van der Waals surface area contributed by atoms with Gasteiger partial charge in [0, 0.05) is 18.3 Å². The number of nitrogens with zero attached hydrogens (tertiary/aromatic N) is 1. The monoisotopic (exact) mass is 207 g/mol. The van der Waals surface area contributed by atoms with Gasteiger partial charge in [-0.15, -0.1) is 0 Å². The van der Waals surface area contributed by atoms with Crippen LogP contribution in [0.3, 0.4) is 0 Å². The zero-order valence-electron chi connectivity index (χ0n) is 6.23. The second-order valence-electron chi connectivity index (χ2n) is 2.23. The van der Waals surface area contributed by atoms with Crippen molar-refractivity contribution in [3.05, 3.63) is 18.2 Å². The van der Waals surface area contributed by atoms with Crippen molar-refractivity contribution in [2.45, 2.75) is 12.5 Å². The quantitative estimate of drug-likeness (QED) is 0.614. The standard InChI is InChI=1S/C6H9N3O2.Cr/c7-5(6(10)11)1-4-2-8-3-9-4;/h2-3,5H,1,7H2,(H,8,9)(H,10,11);/q;+2. The van der Waals surface area contributed by atoms with E-state index in [0.29, 0.717) is 0 Å². The summed E-state index contributed by atoms with van der Waals surface area (Å²) in [4.78, 5) is 16.8. The maximum atomic E-state index is 10.3. The van der Waals surface area contributed by atoms with Gasteiger partial charge in [-0.2, -0.15) is 0 Å². The molecule has 1 heterocycles. The summed E-state index contributed by atoms with van der Waals surface area (Å²) in [5.41, 5.74) is 6.00. The summed E-state index contributed by atoms with van der Waals surface area (Å²) in [5, 5.41) is 8.42. The molecule has 1 aromatic heterocycles. The molecule has 0 aliphatic rings. The number of imidazole rings is 1. The Morgan fingerprint density at radius 3 is 2.92 bits per heavy atom. The molecule has 0 saturated heterocycles. The topological polar surface area (TPSA) is 92.0 Å². The smallest absolute Gasteiger partial charge is 0.480 e. The molecular formula is C6H9CrN3O2+2. The number of hydrogen-bond donors (Lipinski definition) is 3. The Kier molecular flexibility index (Phi) is 4.59. The largest absolute Gasteiger partial charge is 2.00 e. The van der Waals surface area contributed by atoms with Crippen molar-refractivity contribution in [1.29, 1.82) is 0 Å². The van der Waals surface area contributed by atoms with E-state index in [4.69, 9.17) is 10.8 Å². The number of nitrogens with two attached hydrogens (primary N) is 1. The number of aromatic nitrogens is 2. The van der Waals surface area contributed by atoms with Crippen LogP contribution in [-0.2, 0) is 28.6 Å². The fourth-order valence-corrected chi connectivity index (χ4v) is 0.721. The predicted octanol–water partition coefficient (Wildman–Crippen LogP) is -0.638. The van der Waals surface area contributed by atoms with Gasteiger partial charge in [0.25, 0.3) is 0 Å². The summed E-state index contributed by atoms with van der Waals surface area (Å²) in [6.07, 6.45) is 3.34. The van der Waals surface area contributed by atoms with Crippen LogP contribution in [0.5, 0.6) is 0 Å². The van der Waals surface area contributed by atoms with Crippen LogP contribution in [0.25, 0.3) is 0 Å². The van der Waals surface area contributed by atoms with Crippen LogP contribution in [0.15, 0.2) is 12.5 Å².